The fourth-order valence-corrected chi connectivity index (χ4v) is 5.18. The highest BCUT2D eigenvalue weighted by Gasteiger charge is 2.60. The van der Waals surface area contributed by atoms with Gasteiger partial charge in [0, 0.05) is 16.7 Å². The van der Waals surface area contributed by atoms with Gasteiger partial charge < -0.3 is 8.83 Å². The van der Waals surface area contributed by atoms with Crippen LogP contribution in [0.1, 0.15) is 51.0 Å². The van der Waals surface area contributed by atoms with E-state index in [0.29, 0.717) is 44.7 Å². The Bertz CT molecular complexity index is 1110. The molecule has 0 saturated heterocycles. The third-order valence-electron chi connectivity index (χ3n) is 5.25. The minimum Gasteiger partial charge on any atom is -0.416 e. The first kappa shape index (κ1) is 22.4. The SMILES string of the molecule is CC(C)=C[C@@H]1[C@@H](c2nnc(SCc3nnc(SCc4ccc(F)cc4Cl)o3)o2)C1(C)C. The summed E-state index contributed by atoms with van der Waals surface area (Å²) in [5.74, 6) is 2.37. The van der Waals surface area contributed by atoms with Gasteiger partial charge in [-0.1, -0.05) is 66.7 Å². The molecule has 0 aliphatic heterocycles. The second kappa shape index (κ2) is 8.96. The monoisotopic (exact) mass is 480 g/mol. The molecule has 3 aromatic rings. The van der Waals surface area contributed by atoms with Gasteiger partial charge in [0.25, 0.3) is 10.4 Å². The van der Waals surface area contributed by atoms with E-state index in [0.717, 1.165) is 5.56 Å². The van der Waals surface area contributed by atoms with E-state index < -0.39 is 0 Å². The quantitative estimate of drug-likeness (QED) is 0.266. The summed E-state index contributed by atoms with van der Waals surface area (Å²) in [4.78, 5) is 0. The molecule has 1 aromatic carbocycles. The lowest BCUT2D eigenvalue weighted by Gasteiger charge is -2.01. The minimum atomic E-state index is -0.363. The van der Waals surface area contributed by atoms with Crippen LogP contribution in [0, 0.1) is 17.2 Å². The molecule has 1 saturated carbocycles. The zero-order chi connectivity index (χ0) is 22.2. The van der Waals surface area contributed by atoms with Crippen LogP contribution in [0.3, 0.4) is 0 Å². The van der Waals surface area contributed by atoms with Crippen LogP contribution in [-0.2, 0) is 11.5 Å². The average molecular weight is 481 g/mol. The Hall–Kier alpha value is -1.84. The van der Waals surface area contributed by atoms with Crippen molar-refractivity contribution in [3.8, 4) is 0 Å². The van der Waals surface area contributed by atoms with E-state index in [-0.39, 0.29) is 17.2 Å². The molecule has 2 heterocycles. The van der Waals surface area contributed by atoms with Crippen LogP contribution >= 0.6 is 35.1 Å². The molecular formula is C21H22ClFN4O2S2. The third-order valence-corrected chi connectivity index (χ3v) is 7.27. The smallest absolute Gasteiger partial charge is 0.277 e. The van der Waals surface area contributed by atoms with Crippen molar-refractivity contribution >= 4 is 35.1 Å². The molecule has 0 N–H and O–H groups in total. The number of rotatable bonds is 8. The van der Waals surface area contributed by atoms with Crippen LogP contribution in [0.4, 0.5) is 4.39 Å². The fourth-order valence-electron chi connectivity index (χ4n) is 3.48. The van der Waals surface area contributed by atoms with Gasteiger partial charge in [0.05, 0.1) is 5.75 Å². The molecule has 1 aliphatic carbocycles. The molecule has 2 atom stereocenters. The maximum Gasteiger partial charge on any atom is 0.277 e. The summed E-state index contributed by atoms with van der Waals surface area (Å²) in [6.07, 6.45) is 2.28. The van der Waals surface area contributed by atoms with Gasteiger partial charge in [-0.2, -0.15) is 0 Å². The van der Waals surface area contributed by atoms with E-state index in [9.17, 15) is 4.39 Å². The van der Waals surface area contributed by atoms with Crippen molar-refractivity contribution in [3.05, 3.63) is 58.0 Å². The Morgan fingerprint density at radius 1 is 1.10 bits per heavy atom. The maximum absolute atomic E-state index is 13.1. The lowest BCUT2D eigenvalue weighted by atomic mass is 10.1. The highest BCUT2D eigenvalue weighted by Crippen LogP contribution is 2.65. The van der Waals surface area contributed by atoms with Crippen LogP contribution in [0.15, 0.2) is 49.1 Å². The summed E-state index contributed by atoms with van der Waals surface area (Å²) >= 11 is 8.76. The largest absolute Gasteiger partial charge is 0.416 e. The average Bonchev–Trinajstić information content (AvgIpc) is 3.11. The van der Waals surface area contributed by atoms with Gasteiger partial charge in [0.1, 0.15) is 5.82 Å². The molecule has 0 bridgehead atoms. The summed E-state index contributed by atoms with van der Waals surface area (Å²) in [5, 5.41) is 17.8. The highest BCUT2D eigenvalue weighted by atomic mass is 35.5. The molecule has 0 radical (unpaired) electrons. The van der Waals surface area contributed by atoms with Crippen molar-refractivity contribution in [1.82, 2.24) is 20.4 Å². The standard InChI is InChI=1S/C21H22ClFN4O2S2/c1-11(2)7-14-17(21(14,3)4)18-25-27-20(29-18)31-10-16-24-26-19(28-16)30-9-12-5-6-13(23)8-15(12)22/h5-8,14,17H,9-10H2,1-4H3/t14-,17+/m1/s1. The van der Waals surface area contributed by atoms with Crippen LogP contribution < -0.4 is 0 Å². The fraction of sp³-hybridized carbons (Fsp3) is 0.429. The Morgan fingerprint density at radius 2 is 1.81 bits per heavy atom. The zero-order valence-corrected chi connectivity index (χ0v) is 19.9. The Morgan fingerprint density at radius 3 is 2.55 bits per heavy atom. The molecule has 31 heavy (non-hydrogen) atoms. The number of aromatic nitrogens is 4. The summed E-state index contributed by atoms with van der Waals surface area (Å²) in [5.41, 5.74) is 2.22. The Balaban J connectivity index is 1.31. The predicted molar refractivity (Wildman–Crippen MR) is 119 cm³/mol. The van der Waals surface area contributed by atoms with Gasteiger partial charge in [-0.15, -0.1) is 20.4 Å². The number of halogens is 2. The van der Waals surface area contributed by atoms with E-state index in [1.165, 1.54) is 41.2 Å². The second-order valence-corrected chi connectivity index (χ2v) is 10.5. The molecule has 0 unspecified atom stereocenters. The minimum absolute atomic E-state index is 0.123. The summed E-state index contributed by atoms with van der Waals surface area (Å²) in [7, 11) is 0. The molecule has 0 spiro atoms. The summed E-state index contributed by atoms with van der Waals surface area (Å²) < 4.78 is 24.7. The Kier molecular flexibility index (Phi) is 6.46. The van der Waals surface area contributed by atoms with Crippen molar-refractivity contribution in [2.45, 2.75) is 55.6 Å². The van der Waals surface area contributed by atoms with E-state index in [4.69, 9.17) is 20.4 Å². The van der Waals surface area contributed by atoms with E-state index in [1.807, 2.05) is 0 Å². The van der Waals surface area contributed by atoms with Gasteiger partial charge in [-0.3, -0.25) is 0 Å². The number of thioether (sulfide) groups is 2. The Labute approximate surface area is 193 Å². The van der Waals surface area contributed by atoms with Gasteiger partial charge >= 0.3 is 0 Å². The number of allylic oxidation sites excluding steroid dienone is 2. The van der Waals surface area contributed by atoms with Gasteiger partial charge in [-0.25, -0.2) is 4.39 Å². The first-order valence-corrected chi connectivity index (χ1v) is 12.1. The number of benzene rings is 1. The van der Waals surface area contributed by atoms with Crippen molar-refractivity contribution in [2.75, 3.05) is 0 Å². The van der Waals surface area contributed by atoms with Crippen LogP contribution in [-0.4, -0.2) is 20.4 Å². The van der Waals surface area contributed by atoms with Crippen molar-refractivity contribution in [2.24, 2.45) is 11.3 Å². The first-order chi connectivity index (χ1) is 14.7. The van der Waals surface area contributed by atoms with Crippen molar-refractivity contribution < 1.29 is 13.2 Å². The maximum atomic E-state index is 13.1. The van der Waals surface area contributed by atoms with E-state index >= 15 is 0 Å². The van der Waals surface area contributed by atoms with Crippen LogP contribution in [0.25, 0.3) is 0 Å². The molecule has 6 nitrogen and oxygen atoms in total. The summed E-state index contributed by atoms with van der Waals surface area (Å²) in [6.45, 7) is 8.64. The summed E-state index contributed by atoms with van der Waals surface area (Å²) in [6, 6.07) is 4.31. The highest BCUT2D eigenvalue weighted by molar-refractivity contribution is 7.98. The van der Waals surface area contributed by atoms with Crippen LogP contribution in [0.2, 0.25) is 5.02 Å². The molecular weight excluding hydrogens is 459 g/mol. The number of nitrogens with zero attached hydrogens (tertiary/aromatic N) is 4. The number of hydrogen-bond donors (Lipinski definition) is 0. The lowest BCUT2D eigenvalue weighted by molar-refractivity contribution is 0.398. The normalized spacial score (nSPS) is 19.4. The van der Waals surface area contributed by atoms with E-state index in [2.05, 4.69) is 54.2 Å². The third kappa shape index (κ3) is 5.15. The molecule has 164 valence electrons. The lowest BCUT2D eigenvalue weighted by Crippen LogP contribution is -1.90. The number of hydrogen-bond acceptors (Lipinski definition) is 8. The molecule has 2 aromatic heterocycles. The van der Waals surface area contributed by atoms with Gasteiger partial charge in [0.15, 0.2) is 0 Å². The van der Waals surface area contributed by atoms with Gasteiger partial charge in [0.2, 0.25) is 11.8 Å². The molecule has 0 amide bonds. The zero-order valence-electron chi connectivity index (χ0n) is 17.6. The van der Waals surface area contributed by atoms with E-state index in [1.54, 1.807) is 6.07 Å². The first-order valence-electron chi connectivity index (χ1n) is 9.74. The van der Waals surface area contributed by atoms with Crippen molar-refractivity contribution in [3.63, 3.8) is 0 Å². The molecule has 4 rings (SSSR count). The second-order valence-electron chi connectivity index (χ2n) is 8.25. The molecule has 1 fully saturated rings. The predicted octanol–water partition coefficient (Wildman–Crippen LogP) is 6.54. The topological polar surface area (TPSA) is 77.8 Å². The van der Waals surface area contributed by atoms with Gasteiger partial charge in [-0.05, 0) is 42.9 Å². The van der Waals surface area contributed by atoms with Crippen molar-refractivity contribution in [1.29, 1.82) is 0 Å². The molecule has 1 aliphatic rings. The molecule has 10 heteroatoms. The van der Waals surface area contributed by atoms with Crippen LogP contribution in [0.5, 0.6) is 0 Å².